The maximum absolute atomic E-state index is 13.7. The van der Waals surface area contributed by atoms with E-state index < -0.39 is 11.9 Å². The van der Waals surface area contributed by atoms with Crippen LogP contribution in [0.5, 0.6) is 11.5 Å². The standard InChI is InChI=1S/C22H28FNO4/c1-26-21-10-4-2-7-17(21)13-24(15-19-8-6-12-27-19)14-18(25)16-28-22-11-5-3-9-20(22)23/h2-5,7,9-11,18-19,25H,6,8,12-16H2,1H3. The van der Waals surface area contributed by atoms with Crippen molar-refractivity contribution in [2.24, 2.45) is 0 Å². The van der Waals surface area contributed by atoms with Crippen LogP contribution in [0.4, 0.5) is 4.39 Å². The fraction of sp³-hybridized carbons (Fsp3) is 0.455. The number of ether oxygens (including phenoxy) is 3. The van der Waals surface area contributed by atoms with Gasteiger partial charge in [0.15, 0.2) is 11.6 Å². The summed E-state index contributed by atoms with van der Waals surface area (Å²) >= 11 is 0. The Morgan fingerprint density at radius 3 is 2.64 bits per heavy atom. The van der Waals surface area contributed by atoms with E-state index in [9.17, 15) is 9.50 Å². The van der Waals surface area contributed by atoms with Crippen LogP contribution < -0.4 is 9.47 Å². The minimum atomic E-state index is -0.754. The van der Waals surface area contributed by atoms with Gasteiger partial charge in [0.1, 0.15) is 18.5 Å². The number of aliphatic hydroxyl groups excluding tert-OH is 1. The van der Waals surface area contributed by atoms with Gasteiger partial charge in [-0.2, -0.15) is 0 Å². The van der Waals surface area contributed by atoms with Crippen LogP contribution in [0.3, 0.4) is 0 Å². The minimum Gasteiger partial charge on any atom is -0.496 e. The lowest BCUT2D eigenvalue weighted by molar-refractivity contribution is 0.0305. The van der Waals surface area contributed by atoms with Crippen LogP contribution in [0.25, 0.3) is 0 Å². The number of aliphatic hydroxyl groups is 1. The second-order valence-electron chi connectivity index (χ2n) is 7.04. The molecule has 0 radical (unpaired) electrons. The number of nitrogens with zero attached hydrogens (tertiary/aromatic N) is 1. The smallest absolute Gasteiger partial charge is 0.165 e. The first-order valence-corrected chi connectivity index (χ1v) is 9.67. The van der Waals surface area contributed by atoms with Crippen molar-refractivity contribution in [3.05, 3.63) is 59.9 Å². The van der Waals surface area contributed by atoms with Gasteiger partial charge in [0.2, 0.25) is 0 Å². The van der Waals surface area contributed by atoms with Gasteiger partial charge in [0, 0.05) is 31.8 Å². The van der Waals surface area contributed by atoms with Crippen molar-refractivity contribution in [2.45, 2.75) is 31.6 Å². The van der Waals surface area contributed by atoms with Crippen molar-refractivity contribution >= 4 is 0 Å². The largest absolute Gasteiger partial charge is 0.496 e. The van der Waals surface area contributed by atoms with Gasteiger partial charge >= 0.3 is 0 Å². The zero-order chi connectivity index (χ0) is 19.8. The third-order valence-corrected chi connectivity index (χ3v) is 4.81. The molecule has 1 saturated heterocycles. The van der Waals surface area contributed by atoms with Gasteiger partial charge in [0.05, 0.1) is 13.2 Å². The zero-order valence-corrected chi connectivity index (χ0v) is 16.2. The number of hydrogen-bond acceptors (Lipinski definition) is 5. The highest BCUT2D eigenvalue weighted by Gasteiger charge is 2.22. The van der Waals surface area contributed by atoms with Crippen molar-refractivity contribution in [1.82, 2.24) is 4.90 Å². The lowest BCUT2D eigenvalue weighted by Gasteiger charge is -2.28. The molecule has 0 spiro atoms. The molecule has 2 atom stereocenters. The summed E-state index contributed by atoms with van der Waals surface area (Å²) in [7, 11) is 1.65. The van der Waals surface area contributed by atoms with Gasteiger partial charge < -0.3 is 19.3 Å². The summed E-state index contributed by atoms with van der Waals surface area (Å²) < 4.78 is 30.4. The molecule has 2 aromatic rings. The first-order chi connectivity index (χ1) is 13.7. The first kappa shape index (κ1) is 20.6. The Morgan fingerprint density at radius 2 is 1.93 bits per heavy atom. The third-order valence-electron chi connectivity index (χ3n) is 4.81. The Kier molecular flexibility index (Phi) is 7.65. The molecule has 0 bridgehead atoms. The monoisotopic (exact) mass is 389 g/mol. The molecule has 6 heteroatoms. The van der Waals surface area contributed by atoms with Crippen molar-refractivity contribution in [3.63, 3.8) is 0 Å². The molecule has 1 aliphatic heterocycles. The number of methoxy groups -OCH3 is 1. The summed E-state index contributed by atoms with van der Waals surface area (Å²) in [5, 5.41) is 10.5. The Hall–Kier alpha value is -2.15. The fourth-order valence-electron chi connectivity index (χ4n) is 3.45. The summed E-state index contributed by atoms with van der Waals surface area (Å²) in [6.07, 6.45) is 1.49. The minimum absolute atomic E-state index is 0.0227. The Bertz CT molecular complexity index is 736. The van der Waals surface area contributed by atoms with Crippen LogP contribution in [0.2, 0.25) is 0 Å². The van der Waals surface area contributed by atoms with Crippen molar-refractivity contribution in [2.75, 3.05) is 33.4 Å². The number of rotatable bonds is 10. The SMILES string of the molecule is COc1ccccc1CN(CC(O)COc1ccccc1F)CC1CCCO1. The Morgan fingerprint density at radius 1 is 1.18 bits per heavy atom. The highest BCUT2D eigenvalue weighted by Crippen LogP contribution is 2.22. The maximum Gasteiger partial charge on any atom is 0.165 e. The van der Waals surface area contributed by atoms with Crippen molar-refractivity contribution < 1.29 is 23.7 Å². The van der Waals surface area contributed by atoms with Crippen LogP contribution in [-0.2, 0) is 11.3 Å². The first-order valence-electron chi connectivity index (χ1n) is 9.67. The van der Waals surface area contributed by atoms with E-state index in [1.807, 2.05) is 24.3 Å². The molecule has 0 aliphatic carbocycles. The molecule has 0 amide bonds. The van der Waals surface area contributed by atoms with Gasteiger partial charge in [-0.15, -0.1) is 0 Å². The van der Waals surface area contributed by atoms with Crippen molar-refractivity contribution in [3.8, 4) is 11.5 Å². The molecule has 1 N–H and O–H groups in total. The van der Waals surface area contributed by atoms with Crippen molar-refractivity contribution in [1.29, 1.82) is 0 Å². The van der Waals surface area contributed by atoms with E-state index in [4.69, 9.17) is 14.2 Å². The average molecular weight is 389 g/mol. The molecule has 5 nitrogen and oxygen atoms in total. The van der Waals surface area contributed by atoms with E-state index in [0.29, 0.717) is 13.1 Å². The van der Waals surface area contributed by atoms with E-state index >= 15 is 0 Å². The molecule has 1 fully saturated rings. The Labute approximate surface area is 165 Å². The van der Waals surface area contributed by atoms with E-state index in [2.05, 4.69) is 4.90 Å². The summed E-state index contributed by atoms with van der Waals surface area (Å²) in [5.74, 6) is 0.536. The summed E-state index contributed by atoms with van der Waals surface area (Å²) in [4.78, 5) is 2.14. The Balaban J connectivity index is 1.61. The summed E-state index contributed by atoms with van der Waals surface area (Å²) in [6.45, 7) is 2.54. The summed E-state index contributed by atoms with van der Waals surface area (Å²) in [6, 6.07) is 14.1. The predicted octanol–water partition coefficient (Wildman–Crippen LogP) is 3.26. The van der Waals surface area contributed by atoms with Gasteiger partial charge in [-0.05, 0) is 31.0 Å². The fourth-order valence-corrected chi connectivity index (χ4v) is 3.45. The quantitative estimate of drug-likeness (QED) is 0.676. The summed E-state index contributed by atoms with van der Waals surface area (Å²) in [5.41, 5.74) is 1.05. The third kappa shape index (κ3) is 5.92. The number of hydrogen-bond donors (Lipinski definition) is 1. The number of halogens is 1. The van der Waals surface area contributed by atoms with E-state index in [-0.39, 0.29) is 18.5 Å². The van der Waals surface area contributed by atoms with Gasteiger partial charge in [0.25, 0.3) is 0 Å². The van der Waals surface area contributed by atoms with Crippen LogP contribution in [0.1, 0.15) is 18.4 Å². The number of benzene rings is 2. The van der Waals surface area contributed by atoms with E-state index in [0.717, 1.165) is 37.3 Å². The normalized spacial score (nSPS) is 17.6. The van der Waals surface area contributed by atoms with Crippen LogP contribution in [0.15, 0.2) is 48.5 Å². The lowest BCUT2D eigenvalue weighted by atomic mass is 10.1. The molecule has 1 aliphatic rings. The molecular weight excluding hydrogens is 361 g/mol. The molecule has 2 aromatic carbocycles. The molecule has 152 valence electrons. The van der Waals surface area contributed by atoms with Gasteiger partial charge in [-0.3, -0.25) is 4.90 Å². The highest BCUT2D eigenvalue weighted by molar-refractivity contribution is 5.33. The predicted molar refractivity (Wildman–Crippen MR) is 105 cm³/mol. The number of para-hydroxylation sites is 2. The topological polar surface area (TPSA) is 51.2 Å². The molecule has 0 saturated carbocycles. The zero-order valence-electron chi connectivity index (χ0n) is 16.2. The van der Waals surface area contributed by atoms with E-state index in [1.54, 1.807) is 25.3 Å². The van der Waals surface area contributed by atoms with Crippen LogP contribution in [0, 0.1) is 5.82 Å². The van der Waals surface area contributed by atoms with Gasteiger partial charge in [-0.25, -0.2) is 4.39 Å². The second kappa shape index (κ2) is 10.4. The molecule has 3 rings (SSSR count). The van der Waals surface area contributed by atoms with Crippen LogP contribution >= 0.6 is 0 Å². The van der Waals surface area contributed by atoms with Gasteiger partial charge in [-0.1, -0.05) is 30.3 Å². The average Bonchev–Trinajstić information content (AvgIpc) is 3.21. The lowest BCUT2D eigenvalue weighted by Crippen LogP contribution is -2.39. The maximum atomic E-state index is 13.7. The highest BCUT2D eigenvalue weighted by atomic mass is 19.1. The van der Waals surface area contributed by atoms with Crippen LogP contribution in [-0.4, -0.2) is 55.6 Å². The molecule has 2 unspecified atom stereocenters. The second-order valence-corrected chi connectivity index (χ2v) is 7.04. The molecule has 0 aromatic heterocycles. The van der Waals surface area contributed by atoms with E-state index in [1.165, 1.54) is 6.07 Å². The molecule has 28 heavy (non-hydrogen) atoms. The molecule has 1 heterocycles. The molecular formula is C22H28FNO4.